The lowest BCUT2D eigenvalue weighted by Crippen LogP contribution is -2.01. The number of rotatable bonds is 1. The Morgan fingerprint density at radius 2 is 2.27 bits per heavy atom. The maximum Gasteiger partial charge on any atom is 0.354 e. The SMILES string of the molecule is O=C(O)c1cc(Cl)cc(F)n1. The Morgan fingerprint density at radius 3 is 2.73 bits per heavy atom. The summed E-state index contributed by atoms with van der Waals surface area (Å²) in [6.45, 7) is 0. The van der Waals surface area contributed by atoms with E-state index < -0.39 is 17.6 Å². The molecule has 0 bridgehead atoms. The first-order valence-electron chi connectivity index (χ1n) is 2.66. The van der Waals surface area contributed by atoms with E-state index in [9.17, 15) is 9.18 Å². The van der Waals surface area contributed by atoms with Gasteiger partial charge in [0.15, 0.2) is 5.69 Å². The van der Waals surface area contributed by atoms with Crippen molar-refractivity contribution in [1.29, 1.82) is 0 Å². The first-order chi connectivity index (χ1) is 5.09. The number of carboxylic acid groups (broad SMARTS) is 1. The molecular formula is C6H3ClFNO2. The highest BCUT2D eigenvalue weighted by atomic mass is 35.5. The summed E-state index contributed by atoms with van der Waals surface area (Å²) < 4.78 is 12.3. The van der Waals surface area contributed by atoms with E-state index in [0.717, 1.165) is 12.1 Å². The second kappa shape index (κ2) is 2.84. The number of carboxylic acids is 1. The zero-order valence-corrected chi connectivity index (χ0v) is 5.97. The fourth-order valence-electron chi connectivity index (χ4n) is 0.575. The van der Waals surface area contributed by atoms with Gasteiger partial charge in [-0.3, -0.25) is 0 Å². The Hall–Kier alpha value is -1.16. The summed E-state index contributed by atoms with van der Waals surface area (Å²) in [7, 11) is 0. The van der Waals surface area contributed by atoms with E-state index in [1.807, 2.05) is 0 Å². The van der Waals surface area contributed by atoms with Crippen molar-refractivity contribution in [1.82, 2.24) is 4.98 Å². The van der Waals surface area contributed by atoms with Gasteiger partial charge in [-0.15, -0.1) is 0 Å². The van der Waals surface area contributed by atoms with E-state index in [-0.39, 0.29) is 5.02 Å². The number of aromatic nitrogens is 1. The van der Waals surface area contributed by atoms with Crippen LogP contribution in [0, 0.1) is 5.95 Å². The summed E-state index contributed by atoms with van der Waals surface area (Å²) in [5.41, 5.74) is -0.394. The minimum Gasteiger partial charge on any atom is -0.477 e. The molecule has 0 atom stereocenters. The van der Waals surface area contributed by atoms with E-state index >= 15 is 0 Å². The van der Waals surface area contributed by atoms with Gasteiger partial charge in [0.2, 0.25) is 5.95 Å². The van der Waals surface area contributed by atoms with Crippen LogP contribution in [0.15, 0.2) is 12.1 Å². The van der Waals surface area contributed by atoms with Crippen LogP contribution in [0.1, 0.15) is 10.5 Å². The standard InChI is InChI=1S/C6H3ClFNO2/c7-3-1-4(6(10)11)9-5(8)2-3/h1-2H,(H,10,11). The van der Waals surface area contributed by atoms with Crippen molar-refractivity contribution in [2.75, 3.05) is 0 Å². The smallest absolute Gasteiger partial charge is 0.354 e. The Kier molecular flexibility index (Phi) is 2.05. The van der Waals surface area contributed by atoms with Crippen molar-refractivity contribution >= 4 is 17.6 Å². The number of carbonyl (C=O) groups is 1. The van der Waals surface area contributed by atoms with Gasteiger partial charge >= 0.3 is 5.97 Å². The van der Waals surface area contributed by atoms with E-state index in [1.165, 1.54) is 0 Å². The topological polar surface area (TPSA) is 50.2 Å². The fraction of sp³-hybridized carbons (Fsp3) is 0. The molecule has 11 heavy (non-hydrogen) atoms. The molecule has 0 unspecified atom stereocenters. The van der Waals surface area contributed by atoms with Gasteiger partial charge in [-0.1, -0.05) is 11.6 Å². The highest BCUT2D eigenvalue weighted by Crippen LogP contribution is 2.10. The average molecular weight is 176 g/mol. The quantitative estimate of drug-likeness (QED) is 0.660. The molecule has 0 spiro atoms. The normalized spacial score (nSPS) is 9.64. The Labute approximate surface area is 66.4 Å². The molecule has 0 aliphatic heterocycles. The highest BCUT2D eigenvalue weighted by molar-refractivity contribution is 6.30. The Bertz CT molecular complexity index is 282. The highest BCUT2D eigenvalue weighted by Gasteiger charge is 2.06. The molecule has 1 N–H and O–H groups in total. The third-order valence-corrected chi connectivity index (χ3v) is 1.20. The van der Waals surface area contributed by atoms with Crippen LogP contribution >= 0.6 is 11.6 Å². The van der Waals surface area contributed by atoms with Crippen molar-refractivity contribution in [3.63, 3.8) is 0 Å². The predicted octanol–water partition coefficient (Wildman–Crippen LogP) is 1.57. The van der Waals surface area contributed by atoms with Crippen molar-refractivity contribution in [2.45, 2.75) is 0 Å². The van der Waals surface area contributed by atoms with Crippen LogP contribution in [0.4, 0.5) is 4.39 Å². The molecule has 3 nitrogen and oxygen atoms in total. The number of pyridine rings is 1. The summed E-state index contributed by atoms with van der Waals surface area (Å²) in [4.78, 5) is 13.3. The molecule has 1 aromatic rings. The number of nitrogens with zero attached hydrogens (tertiary/aromatic N) is 1. The third kappa shape index (κ3) is 1.88. The zero-order chi connectivity index (χ0) is 8.43. The molecule has 0 amide bonds. The fourth-order valence-corrected chi connectivity index (χ4v) is 0.769. The molecule has 0 aliphatic rings. The molecule has 0 saturated carbocycles. The maximum atomic E-state index is 12.3. The summed E-state index contributed by atoms with van der Waals surface area (Å²) >= 11 is 5.35. The van der Waals surface area contributed by atoms with Crippen LogP contribution in [0.3, 0.4) is 0 Å². The van der Waals surface area contributed by atoms with Gasteiger partial charge in [0.1, 0.15) is 0 Å². The van der Waals surface area contributed by atoms with E-state index in [1.54, 1.807) is 0 Å². The number of halogens is 2. The molecule has 58 valence electrons. The van der Waals surface area contributed by atoms with E-state index in [2.05, 4.69) is 4.98 Å². The number of aromatic carboxylic acids is 1. The van der Waals surface area contributed by atoms with E-state index in [0.29, 0.717) is 0 Å². The molecular weight excluding hydrogens is 173 g/mol. The maximum absolute atomic E-state index is 12.3. The van der Waals surface area contributed by atoms with Crippen LogP contribution in [-0.4, -0.2) is 16.1 Å². The predicted molar refractivity (Wildman–Crippen MR) is 36.2 cm³/mol. The van der Waals surface area contributed by atoms with Gasteiger partial charge in [0, 0.05) is 11.1 Å². The molecule has 0 saturated heterocycles. The Balaban J connectivity index is 3.19. The Morgan fingerprint density at radius 1 is 1.64 bits per heavy atom. The van der Waals surface area contributed by atoms with Gasteiger partial charge in [-0.25, -0.2) is 9.78 Å². The summed E-state index contributed by atoms with van der Waals surface area (Å²) in [5.74, 6) is -2.19. The lowest BCUT2D eigenvalue weighted by atomic mass is 10.3. The molecule has 0 fully saturated rings. The largest absolute Gasteiger partial charge is 0.477 e. The van der Waals surface area contributed by atoms with Crippen LogP contribution in [0.5, 0.6) is 0 Å². The third-order valence-electron chi connectivity index (χ3n) is 0.978. The van der Waals surface area contributed by atoms with Crippen molar-refractivity contribution in [2.24, 2.45) is 0 Å². The molecule has 5 heteroatoms. The van der Waals surface area contributed by atoms with Gasteiger partial charge < -0.3 is 5.11 Å². The first-order valence-corrected chi connectivity index (χ1v) is 3.04. The summed E-state index contributed by atoms with van der Waals surface area (Å²) in [5, 5.41) is 8.37. The van der Waals surface area contributed by atoms with Crippen LogP contribution < -0.4 is 0 Å². The van der Waals surface area contributed by atoms with Crippen LogP contribution in [0.25, 0.3) is 0 Å². The van der Waals surface area contributed by atoms with Crippen molar-refractivity contribution in [3.8, 4) is 0 Å². The monoisotopic (exact) mass is 175 g/mol. The molecule has 1 heterocycles. The second-order valence-electron chi connectivity index (χ2n) is 1.80. The van der Waals surface area contributed by atoms with Crippen molar-refractivity contribution in [3.05, 3.63) is 28.8 Å². The van der Waals surface area contributed by atoms with E-state index in [4.69, 9.17) is 16.7 Å². The zero-order valence-electron chi connectivity index (χ0n) is 5.21. The first kappa shape index (κ1) is 7.94. The van der Waals surface area contributed by atoms with Crippen molar-refractivity contribution < 1.29 is 14.3 Å². The average Bonchev–Trinajstić information content (AvgIpc) is 1.85. The molecule has 1 rings (SSSR count). The molecule has 0 radical (unpaired) electrons. The van der Waals surface area contributed by atoms with Gasteiger partial charge in [0.05, 0.1) is 0 Å². The lowest BCUT2D eigenvalue weighted by Gasteiger charge is -1.93. The number of hydrogen-bond acceptors (Lipinski definition) is 2. The molecule has 1 aromatic heterocycles. The van der Waals surface area contributed by atoms with Crippen LogP contribution in [0.2, 0.25) is 5.02 Å². The minimum atomic E-state index is -1.30. The lowest BCUT2D eigenvalue weighted by molar-refractivity contribution is 0.0689. The van der Waals surface area contributed by atoms with Crippen LogP contribution in [-0.2, 0) is 0 Å². The minimum absolute atomic E-state index is 0.0231. The summed E-state index contributed by atoms with van der Waals surface area (Å²) in [6.07, 6.45) is 0. The van der Waals surface area contributed by atoms with Gasteiger partial charge in [0.25, 0.3) is 0 Å². The van der Waals surface area contributed by atoms with Gasteiger partial charge in [-0.05, 0) is 6.07 Å². The van der Waals surface area contributed by atoms with Gasteiger partial charge in [-0.2, -0.15) is 4.39 Å². The summed E-state index contributed by atoms with van der Waals surface area (Å²) in [6, 6.07) is 2.01. The second-order valence-corrected chi connectivity index (χ2v) is 2.23. The molecule has 0 aromatic carbocycles. The molecule has 0 aliphatic carbocycles. The number of hydrogen-bond donors (Lipinski definition) is 1.